The molecule has 1 aromatic carbocycles. The molecule has 0 saturated carbocycles. The smallest absolute Gasteiger partial charge is 0.475 e. The molecule has 1 aliphatic carbocycles. The monoisotopic (exact) mass is 551 g/mol. The van der Waals surface area contributed by atoms with E-state index < -0.39 is 19.0 Å². The third kappa shape index (κ3) is 10.3. The van der Waals surface area contributed by atoms with Crippen molar-refractivity contribution in [1.29, 1.82) is 0 Å². The predicted octanol–water partition coefficient (Wildman–Crippen LogP) is 2.76. The second-order valence-corrected chi connectivity index (χ2v) is 9.58. The summed E-state index contributed by atoms with van der Waals surface area (Å²) < 4.78 is 16.9. The van der Waals surface area contributed by atoms with E-state index in [1.54, 1.807) is 27.4 Å². The number of allylic oxidation sites excluding steroid dienone is 1. The van der Waals surface area contributed by atoms with E-state index in [4.69, 9.17) is 14.2 Å². The van der Waals surface area contributed by atoms with E-state index in [2.05, 4.69) is 17.2 Å². The standard InChI is InChI=1S/C23H38BN3O7.C3H6.C2H6/c1-13(2)10-17(24(30)31)26-18(28)12-25-23(29)14-8-9-15-16(11-14)19(27(3)4)21(33-6)22(34-7)20(15)32-5;1-3-2;1-2/h13-14,17,30-31H,8-12H2,1-7H3,(H,25,29)(H,26,28);3H,1H2,2H3;1-2H3. The van der Waals surface area contributed by atoms with Crippen molar-refractivity contribution in [3.8, 4) is 17.2 Å². The van der Waals surface area contributed by atoms with Crippen LogP contribution in [0.3, 0.4) is 0 Å². The van der Waals surface area contributed by atoms with Crippen molar-refractivity contribution < 1.29 is 33.8 Å². The Morgan fingerprint density at radius 3 is 2.05 bits per heavy atom. The normalized spacial score (nSPS) is 14.2. The van der Waals surface area contributed by atoms with Crippen molar-refractivity contribution in [1.82, 2.24) is 10.6 Å². The minimum atomic E-state index is -1.66. The summed E-state index contributed by atoms with van der Waals surface area (Å²) in [5.74, 6) is 0.0191. The highest BCUT2D eigenvalue weighted by Crippen LogP contribution is 2.51. The van der Waals surface area contributed by atoms with Crippen molar-refractivity contribution in [3.05, 3.63) is 23.8 Å². The number of amides is 2. The van der Waals surface area contributed by atoms with Gasteiger partial charge < -0.3 is 39.8 Å². The van der Waals surface area contributed by atoms with Gasteiger partial charge in [0.1, 0.15) is 0 Å². The third-order valence-electron chi connectivity index (χ3n) is 6.03. The van der Waals surface area contributed by atoms with Gasteiger partial charge in [0.25, 0.3) is 0 Å². The zero-order valence-electron chi connectivity index (χ0n) is 25.5. The SMILES string of the molecule is C=CC.CC.COc1c2c(c(N(C)C)c(OC)c1OC)CC(C(=O)NCC(=O)NC(CC(C)C)B(O)O)CC2. The minimum absolute atomic E-state index is 0.169. The number of nitrogens with one attached hydrogen (secondary N) is 2. The fraction of sp³-hybridized carbons (Fsp3) is 0.643. The van der Waals surface area contributed by atoms with E-state index in [1.165, 1.54) is 0 Å². The molecule has 0 aromatic heterocycles. The molecule has 222 valence electrons. The Morgan fingerprint density at radius 2 is 1.62 bits per heavy atom. The molecule has 0 spiro atoms. The molecule has 4 N–H and O–H groups in total. The molecule has 11 heteroatoms. The summed E-state index contributed by atoms with van der Waals surface area (Å²) in [5.41, 5.74) is 2.77. The van der Waals surface area contributed by atoms with Crippen LogP contribution in [0.2, 0.25) is 0 Å². The van der Waals surface area contributed by atoms with Gasteiger partial charge >= 0.3 is 7.12 Å². The highest BCUT2D eigenvalue weighted by molar-refractivity contribution is 6.43. The molecule has 2 rings (SSSR count). The van der Waals surface area contributed by atoms with Gasteiger partial charge in [-0.1, -0.05) is 33.8 Å². The molecule has 1 aliphatic rings. The topological polar surface area (TPSA) is 130 Å². The van der Waals surface area contributed by atoms with E-state index >= 15 is 0 Å². The molecule has 0 bridgehead atoms. The first-order valence-electron chi connectivity index (χ1n) is 13.5. The minimum Gasteiger partial charge on any atom is -0.492 e. The van der Waals surface area contributed by atoms with E-state index in [0.29, 0.717) is 42.9 Å². The van der Waals surface area contributed by atoms with Crippen LogP contribution in [0.25, 0.3) is 0 Å². The number of ether oxygens (including phenoxy) is 3. The average Bonchev–Trinajstić information content (AvgIpc) is 2.90. The van der Waals surface area contributed by atoms with Crippen molar-refractivity contribution in [2.24, 2.45) is 11.8 Å². The fourth-order valence-corrected chi connectivity index (χ4v) is 4.54. The van der Waals surface area contributed by atoms with E-state index in [9.17, 15) is 19.6 Å². The number of benzene rings is 1. The van der Waals surface area contributed by atoms with E-state index in [-0.39, 0.29) is 24.3 Å². The van der Waals surface area contributed by atoms with Gasteiger partial charge in [0.15, 0.2) is 11.5 Å². The Labute approximate surface area is 235 Å². The van der Waals surface area contributed by atoms with Crippen LogP contribution in [0.1, 0.15) is 58.6 Å². The number of hydrogen-bond acceptors (Lipinski definition) is 8. The first kappa shape index (κ1) is 36.1. The number of anilines is 1. The zero-order chi connectivity index (χ0) is 30.3. The van der Waals surface area contributed by atoms with Gasteiger partial charge in [-0.25, -0.2) is 0 Å². The fourth-order valence-electron chi connectivity index (χ4n) is 4.54. The third-order valence-corrected chi connectivity index (χ3v) is 6.03. The second kappa shape index (κ2) is 18.4. The molecule has 0 fully saturated rings. The molecule has 10 nitrogen and oxygen atoms in total. The molecule has 0 saturated heterocycles. The van der Waals surface area contributed by atoms with Crippen molar-refractivity contribution >= 4 is 24.6 Å². The summed E-state index contributed by atoms with van der Waals surface area (Å²) in [5, 5.41) is 24.3. The Kier molecular flexibility index (Phi) is 17.0. The van der Waals surface area contributed by atoms with Crippen LogP contribution in [0.5, 0.6) is 17.2 Å². The van der Waals surface area contributed by atoms with Crippen LogP contribution in [-0.4, -0.2) is 76.9 Å². The highest BCUT2D eigenvalue weighted by atomic mass is 16.5. The van der Waals surface area contributed by atoms with Crippen LogP contribution in [0, 0.1) is 11.8 Å². The Hall–Kier alpha value is -2.92. The van der Waals surface area contributed by atoms with Crippen LogP contribution in [0.4, 0.5) is 5.69 Å². The molecule has 2 unspecified atom stereocenters. The van der Waals surface area contributed by atoms with Gasteiger partial charge in [-0.3, -0.25) is 9.59 Å². The van der Waals surface area contributed by atoms with Crippen molar-refractivity contribution in [2.45, 2.75) is 66.2 Å². The molecule has 0 heterocycles. The number of rotatable bonds is 11. The van der Waals surface area contributed by atoms with Crippen molar-refractivity contribution in [3.63, 3.8) is 0 Å². The van der Waals surface area contributed by atoms with Crippen molar-refractivity contribution in [2.75, 3.05) is 46.9 Å². The van der Waals surface area contributed by atoms with Crippen LogP contribution < -0.4 is 29.7 Å². The quantitative estimate of drug-likeness (QED) is 0.244. The molecular formula is C28H50BN3O7. The average molecular weight is 552 g/mol. The van der Waals surface area contributed by atoms with Gasteiger partial charge in [0, 0.05) is 25.6 Å². The number of hydrogen-bond donors (Lipinski definition) is 4. The lowest BCUT2D eigenvalue weighted by atomic mass is 9.75. The zero-order valence-corrected chi connectivity index (χ0v) is 25.5. The van der Waals surface area contributed by atoms with Gasteiger partial charge in [0.05, 0.1) is 39.5 Å². The predicted molar refractivity (Wildman–Crippen MR) is 158 cm³/mol. The number of fused-ring (bicyclic) bond motifs is 1. The molecule has 0 aliphatic heterocycles. The summed E-state index contributed by atoms with van der Waals surface area (Å²) in [6.07, 6.45) is 3.82. The molecule has 0 radical (unpaired) electrons. The maximum absolute atomic E-state index is 12.9. The van der Waals surface area contributed by atoms with E-state index in [1.807, 2.05) is 53.6 Å². The van der Waals surface area contributed by atoms with E-state index in [0.717, 1.165) is 16.8 Å². The summed E-state index contributed by atoms with van der Waals surface area (Å²) in [6, 6.07) is 0. The van der Waals surface area contributed by atoms with Gasteiger partial charge in [-0.05, 0) is 44.1 Å². The maximum atomic E-state index is 12.9. The lowest BCUT2D eigenvalue weighted by Gasteiger charge is -2.32. The highest BCUT2D eigenvalue weighted by Gasteiger charge is 2.34. The second-order valence-electron chi connectivity index (χ2n) is 9.58. The summed E-state index contributed by atoms with van der Waals surface area (Å²) >= 11 is 0. The molecule has 1 aromatic rings. The molecule has 2 amide bonds. The maximum Gasteiger partial charge on any atom is 0.475 e. The van der Waals surface area contributed by atoms with Gasteiger partial charge in [-0.15, -0.1) is 6.58 Å². The first-order valence-corrected chi connectivity index (χ1v) is 13.5. The molecular weight excluding hydrogens is 501 g/mol. The largest absolute Gasteiger partial charge is 0.492 e. The summed E-state index contributed by atoms with van der Waals surface area (Å²) in [7, 11) is 6.86. The number of carbonyl (C=O) groups is 2. The van der Waals surface area contributed by atoms with Crippen LogP contribution in [-0.2, 0) is 22.4 Å². The lowest BCUT2D eigenvalue weighted by Crippen LogP contribution is -2.50. The van der Waals surface area contributed by atoms with Gasteiger partial charge in [-0.2, -0.15) is 0 Å². The Balaban J connectivity index is 0.00000269. The number of nitrogens with zero attached hydrogens (tertiary/aromatic N) is 1. The Bertz CT molecular complexity index is 923. The molecule has 2 atom stereocenters. The number of methoxy groups -OCH3 is 3. The molecule has 39 heavy (non-hydrogen) atoms. The number of carbonyl (C=O) groups excluding carboxylic acids is 2. The summed E-state index contributed by atoms with van der Waals surface area (Å²) in [6.45, 7) is 12.9. The van der Waals surface area contributed by atoms with Crippen LogP contribution >= 0.6 is 0 Å². The Morgan fingerprint density at radius 1 is 1.08 bits per heavy atom. The van der Waals surface area contributed by atoms with Gasteiger partial charge in [0.2, 0.25) is 17.6 Å². The lowest BCUT2D eigenvalue weighted by molar-refractivity contribution is -0.129. The first-order chi connectivity index (χ1) is 18.5. The van der Waals surface area contributed by atoms with Crippen LogP contribution in [0.15, 0.2) is 12.7 Å². The summed E-state index contributed by atoms with van der Waals surface area (Å²) in [4.78, 5) is 27.2.